The molecular weight excluding hydrogens is 347 g/mol. The summed E-state index contributed by atoms with van der Waals surface area (Å²) >= 11 is 3.36. The molecule has 1 heterocycles. The molecule has 0 aliphatic heterocycles. The van der Waals surface area contributed by atoms with Crippen molar-refractivity contribution in [3.8, 4) is 5.69 Å². The summed E-state index contributed by atoms with van der Waals surface area (Å²) in [5.74, 6) is 0.144. The Morgan fingerprint density at radius 3 is 2.73 bits per heavy atom. The molecule has 1 aromatic heterocycles. The minimum atomic E-state index is -0.432. The Morgan fingerprint density at radius 1 is 1.23 bits per heavy atom. The first-order chi connectivity index (χ1) is 10.6. The van der Waals surface area contributed by atoms with Crippen LogP contribution >= 0.6 is 15.9 Å². The van der Waals surface area contributed by atoms with Crippen LogP contribution in [0.4, 0.5) is 4.39 Å². The first-order valence-electron chi connectivity index (χ1n) is 7.08. The monoisotopic (exact) mass is 360 g/mol. The van der Waals surface area contributed by atoms with Gasteiger partial charge in [-0.3, -0.25) is 9.36 Å². The Bertz CT molecular complexity index is 905. The van der Waals surface area contributed by atoms with Gasteiger partial charge in [0.2, 0.25) is 0 Å². The Balaban J connectivity index is 2.41. The van der Waals surface area contributed by atoms with E-state index < -0.39 is 5.82 Å². The van der Waals surface area contributed by atoms with Crippen LogP contribution in [0.1, 0.15) is 19.2 Å². The van der Waals surface area contributed by atoms with Crippen LogP contribution in [0, 0.1) is 5.82 Å². The smallest absolute Gasteiger partial charge is 0.266 e. The first-order valence-corrected chi connectivity index (χ1v) is 7.87. The minimum Gasteiger partial charge on any atom is -0.268 e. The molecular formula is C17H14BrFN2O. The highest BCUT2D eigenvalue weighted by Gasteiger charge is 2.15. The fourth-order valence-corrected chi connectivity index (χ4v) is 2.84. The molecule has 3 rings (SSSR count). The van der Waals surface area contributed by atoms with Gasteiger partial charge in [0.1, 0.15) is 11.6 Å². The third-order valence-corrected chi connectivity index (χ3v) is 3.96. The lowest BCUT2D eigenvalue weighted by Gasteiger charge is -2.14. The Morgan fingerprint density at radius 2 is 2.00 bits per heavy atom. The van der Waals surface area contributed by atoms with E-state index in [9.17, 15) is 9.18 Å². The molecule has 0 amide bonds. The lowest BCUT2D eigenvalue weighted by molar-refractivity contribution is 0.610. The van der Waals surface area contributed by atoms with E-state index in [1.807, 2.05) is 13.0 Å². The summed E-state index contributed by atoms with van der Waals surface area (Å²) in [6, 6.07) is 11.6. The SMILES string of the molecule is CCCc1nc2ccc(Br)cc2c(=O)n1-c1ccccc1F. The molecule has 0 aliphatic carbocycles. The standard InChI is InChI=1S/C17H14BrFN2O/c1-2-5-16-20-14-9-8-11(18)10-12(14)17(22)21(16)15-7-4-3-6-13(15)19/h3-4,6-10H,2,5H2,1H3. The molecule has 0 saturated heterocycles. The number of para-hydroxylation sites is 1. The number of hydrogen-bond acceptors (Lipinski definition) is 2. The summed E-state index contributed by atoms with van der Waals surface area (Å²) in [4.78, 5) is 17.4. The molecule has 0 fully saturated rings. The number of aromatic nitrogens is 2. The van der Waals surface area contributed by atoms with E-state index in [-0.39, 0.29) is 11.2 Å². The van der Waals surface area contributed by atoms with Gasteiger partial charge in [0.05, 0.1) is 16.6 Å². The zero-order chi connectivity index (χ0) is 15.7. The van der Waals surface area contributed by atoms with Crippen LogP contribution in [0.25, 0.3) is 16.6 Å². The number of halogens is 2. The molecule has 22 heavy (non-hydrogen) atoms. The molecule has 3 nitrogen and oxygen atoms in total. The molecule has 0 spiro atoms. The van der Waals surface area contributed by atoms with Crippen molar-refractivity contribution < 1.29 is 4.39 Å². The topological polar surface area (TPSA) is 34.9 Å². The maximum atomic E-state index is 14.2. The van der Waals surface area contributed by atoms with Crippen LogP contribution in [0.3, 0.4) is 0 Å². The van der Waals surface area contributed by atoms with Crippen molar-refractivity contribution in [2.24, 2.45) is 0 Å². The molecule has 0 N–H and O–H groups in total. The molecule has 2 aromatic carbocycles. The second kappa shape index (κ2) is 6.01. The van der Waals surface area contributed by atoms with Crippen molar-refractivity contribution in [2.45, 2.75) is 19.8 Å². The van der Waals surface area contributed by atoms with Gasteiger partial charge < -0.3 is 0 Å². The maximum Gasteiger partial charge on any atom is 0.266 e. The Labute approximate surface area is 135 Å². The molecule has 0 radical (unpaired) electrons. The molecule has 0 saturated carbocycles. The fraction of sp³-hybridized carbons (Fsp3) is 0.176. The second-order valence-corrected chi connectivity index (χ2v) is 5.95. The summed E-state index contributed by atoms with van der Waals surface area (Å²) in [6.45, 7) is 2.00. The average Bonchev–Trinajstić information content (AvgIpc) is 2.50. The van der Waals surface area contributed by atoms with Gasteiger partial charge in [-0.1, -0.05) is 35.0 Å². The maximum absolute atomic E-state index is 14.2. The average molecular weight is 361 g/mol. The van der Waals surface area contributed by atoms with E-state index >= 15 is 0 Å². The molecule has 0 aliphatic rings. The molecule has 3 aromatic rings. The van der Waals surface area contributed by atoms with Crippen molar-refractivity contribution in [2.75, 3.05) is 0 Å². The van der Waals surface area contributed by atoms with Gasteiger partial charge >= 0.3 is 0 Å². The van der Waals surface area contributed by atoms with Gasteiger partial charge in [0.15, 0.2) is 0 Å². The largest absolute Gasteiger partial charge is 0.268 e. The lowest BCUT2D eigenvalue weighted by atomic mass is 10.2. The first kappa shape index (κ1) is 14.9. The third-order valence-electron chi connectivity index (χ3n) is 3.47. The fourth-order valence-electron chi connectivity index (χ4n) is 2.48. The molecule has 0 bridgehead atoms. The van der Waals surface area contributed by atoms with E-state index in [1.165, 1.54) is 10.6 Å². The van der Waals surface area contributed by atoms with Crippen molar-refractivity contribution in [3.05, 3.63) is 68.9 Å². The van der Waals surface area contributed by atoms with Gasteiger partial charge in [-0.25, -0.2) is 9.37 Å². The highest BCUT2D eigenvalue weighted by Crippen LogP contribution is 2.19. The van der Waals surface area contributed by atoms with Crippen LogP contribution in [-0.4, -0.2) is 9.55 Å². The number of fused-ring (bicyclic) bond motifs is 1. The third kappa shape index (κ3) is 2.57. The molecule has 0 atom stereocenters. The summed E-state index contributed by atoms with van der Waals surface area (Å²) in [5.41, 5.74) is 0.620. The van der Waals surface area contributed by atoms with Crippen LogP contribution < -0.4 is 5.56 Å². The van der Waals surface area contributed by atoms with Crippen molar-refractivity contribution in [1.29, 1.82) is 0 Å². The van der Waals surface area contributed by atoms with E-state index in [2.05, 4.69) is 20.9 Å². The predicted octanol–water partition coefficient (Wildman–Crippen LogP) is 4.24. The van der Waals surface area contributed by atoms with Gasteiger partial charge in [-0.05, 0) is 36.8 Å². The van der Waals surface area contributed by atoms with E-state index in [4.69, 9.17) is 0 Å². The van der Waals surface area contributed by atoms with Crippen LogP contribution in [0.2, 0.25) is 0 Å². The van der Waals surface area contributed by atoms with E-state index in [1.54, 1.807) is 30.3 Å². The summed E-state index contributed by atoms with van der Waals surface area (Å²) in [7, 11) is 0. The normalized spacial score (nSPS) is 11.0. The van der Waals surface area contributed by atoms with Crippen LogP contribution in [-0.2, 0) is 6.42 Å². The minimum absolute atomic E-state index is 0.241. The Hall–Kier alpha value is -2.01. The van der Waals surface area contributed by atoms with E-state index in [0.717, 1.165) is 10.9 Å². The quantitative estimate of drug-likeness (QED) is 0.700. The van der Waals surface area contributed by atoms with Crippen LogP contribution in [0.5, 0.6) is 0 Å². The number of aryl methyl sites for hydroxylation is 1. The van der Waals surface area contributed by atoms with Gasteiger partial charge in [-0.15, -0.1) is 0 Å². The number of hydrogen-bond donors (Lipinski definition) is 0. The predicted molar refractivity (Wildman–Crippen MR) is 89.0 cm³/mol. The number of nitrogens with zero attached hydrogens (tertiary/aromatic N) is 2. The zero-order valence-corrected chi connectivity index (χ0v) is 13.6. The van der Waals surface area contributed by atoms with Crippen molar-refractivity contribution in [3.63, 3.8) is 0 Å². The van der Waals surface area contributed by atoms with Gasteiger partial charge in [0.25, 0.3) is 5.56 Å². The van der Waals surface area contributed by atoms with Crippen molar-refractivity contribution >= 4 is 26.8 Å². The molecule has 5 heteroatoms. The summed E-state index contributed by atoms with van der Waals surface area (Å²) in [5, 5.41) is 0.470. The number of rotatable bonds is 3. The van der Waals surface area contributed by atoms with Gasteiger partial charge in [0, 0.05) is 10.9 Å². The van der Waals surface area contributed by atoms with Crippen molar-refractivity contribution in [1.82, 2.24) is 9.55 Å². The van der Waals surface area contributed by atoms with Crippen LogP contribution in [0.15, 0.2) is 51.7 Å². The molecule has 0 unspecified atom stereocenters. The number of benzene rings is 2. The van der Waals surface area contributed by atoms with E-state index in [0.29, 0.717) is 23.1 Å². The van der Waals surface area contributed by atoms with Gasteiger partial charge in [-0.2, -0.15) is 0 Å². The zero-order valence-electron chi connectivity index (χ0n) is 12.0. The summed E-state index contributed by atoms with van der Waals surface area (Å²) < 4.78 is 16.3. The highest BCUT2D eigenvalue weighted by atomic mass is 79.9. The Kier molecular flexibility index (Phi) is 4.07. The summed E-state index contributed by atoms with van der Waals surface area (Å²) in [6.07, 6.45) is 1.43. The molecule has 112 valence electrons. The lowest BCUT2D eigenvalue weighted by Crippen LogP contribution is -2.24. The second-order valence-electron chi connectivity index (χ2n) is 5.03. The highest BCUT2D eigenvalue weighted by molar-refractivity contribution is 9.10.